The summed E-state index contributed by atoms with van der Waals surface area (Å²) in [5, 5.41) is 9.70. The average molecular weight is 310 g/mol. The van der Waals surface area contributed by atoms with Crippen molar-refractivity contribution < 1.29 is 5.11 Å². The quantitative estimate of drug-likeness (QED) is 0.922. The molecule has 0 aliphatic heterocycles. The van der Waals surface area contributed by atoms with E-state index in [1.165, 1.54) is 50.5 Å². The van der Waals surface area contributed by atoms with Gasteiger partial charge in [-0.2, -0.15) is 0 Å². The van der Waals surface area contributed by atoms with Crippen LogP contribution in [0.4, 0.5) is 0 Å². The van der Waals surface area contributed by atoms with Gasteiger partial charge < -0.3 is 9.67 Å². The second kappa shape index (κ2) is 5.07. The van der Waals surface area contributed by atoms with Crippen LogP contribution in [-0.4, -0.2) is 14.7 Å². The van der Waals surface area contributed by atoms with E-state index in [9.17, 15) is 5.11 Å². The monoisotopic (exact) mass is 310 g/mol. The molecule has 0 amide bonds. The summed E-state index contributed by atoms with van der Waals surface area (Å²) >= 11 is 0. The van der Waals surface area contributed by atoms with Crippen molar-refractivity contribution in [1.82, 2.24) is 9.55 Å². The molecule has 4 aliphatic rings. The number of benzene rings is 1. The first-order valence-electron chi connectivity index (χ1n) is 9.30. The summed E-state index contributed by atoms with van der Waals surface area (Å²) in [6, 6.07) is 8.29. The Morgan fingerprint density at radius 3 is 2.35 bits per heavy atom. The Morgan fingerprint density at radius 1 is 1.04 bits per heavy atom. The van der Waals surface area contributed by atoms with E-state index in [1.807, 2.05) is 6.07 Å². The molecule has 1 aromatic carbocycles. The lowest BCUT2D eigenvalue weighted by atomic mass is 9.49. The minimum absolute atomic E-state index is 0.0373. The molecule has 4 saturated carbocycles. The maximum Gasteiger partial charge on any atom is 0.135 e. The van der Waals surface area contributed by atoms with Crippen molar-refractivity contribution in [3.8, 4) is 0 Å². The summed E-state index contributed by atoms with van der Waals surface area (Å²) in [5.41, 5.74) is 2.79. The lowest BCUT2D eigenvalue weighted by molar-refractivity contribution is -0.0592. The van der Waals surface area contributed by atoms with Gasteiger partial charge in [0.2, 0.25) is 0 Å². The van der Waals surface area contributed by atoms with Crippen molar-refractivity contribution in [2.75, 3.05) is 0 Å². The molecule has 0 saturated heterocycles. The first-order valence-corrected chi connectivity index (χ1v) is 9.30. The van der Waals surface area contributed by atoms with E-state index in [4.69, 9.17) is 0 Å². The number of imidazole rings is 1. The van der Waals surface area contributed by atoms with E-state index < -0.39 is 0 Å². The highest BCUT2D eigenvalue weighted by Gasteiger charge is 2.50. The van der Waals surface area contributed by atoms with Gasteiger partial charge >= 0.3 is 0 Å². The van der Waals surface area contributed by atoms with Gasteiger partial charge in [0.25, 0.3) is 0 Å². The minimum atomic E-state index is 0.0373. The number of para-hydroxylation sites is 2. The molecular formula is C20H26N2O. The highest BCUT2D eigenvalue weighted by atomic mass is 16.3. The van der Waals surface area contributed by atoms with Crippen molar-refractivity contribution in [1.29, 1.82) is 0 Å². The van der Waals surface area contributed by atoms with Crippen molar-refractivity contribution in [3.63, 3.8) is 0 Å². The summed E-state index contributed by atoms with van der Waals surface area (Å²) in [4.78, 5) is 4.61. The molecule has 0 spiro atoms. The zero-order valence-corrected chi connectivity index (χ0v) is 13.7. The maximum absolute atomic E-state index is 9.70. The summed E-state index contributed by atoms with van der Waals surface area (Å²) in [5.74, 6) is 3.87. The molecule has 4 bridgehead atoms. The Labute approximate surface area is 137 Å². The first-order chi connectivity index (χ1) is 11.2. The smallest absolute Gasteiger partial charge is 0.135 e. The molecule has 1 heterocycles. The van der Waals surface area contributed by atoms with E-state index in [0.717, 1.165) is 35.6 Å². The van der Waals surface area contributed by atoms with E-state index in [0.29, 0.717) is 5.41 Å². The van der Waals surface area contributed by atoms with Gasteiger partial charge in [-0.05, 0) is 80.2 Å². The molecule has 122 valence electrons. The summed E-state index contributed by atoms with van der Waals surface area (Å²) < 4.78 is 2.27. The van der Waals surface area contributed by atoms with Gasteiger partial charge in [0, 0.05) is 6.54 Å². The molecule has 1 aromatic heterocycles. The van der Waals surface area contributed by atoms with E-state index in [2.05, 4.69) is 27.8 Å². The number of aromatic nitrogens is 2. The van der Waals surface area contributed by atoms with Crippen molar-refractivity contribution in [2.45, 2.75) is 58.1 Å². The highest BCUT2D eigenvalue weighted by Crippen LogP contribution is 2.61. The first kappa shape index (κ1) is 14.0. The molecule has 4 fully saturated rings. The predicted molar refractivity (Wildman–Crippen MR) is 90.9 cm³/mol. The Balaban J connectivity index is 1.42. The van der Waals surface area contributed by atoms with Gasteiger partial charge in [0.05, 0.1) is 11.0 Å². The number of aryl methyl sites for hydroxylation is 1. The zero-order chi connectivity index (χ0) is 15.4. The van der Waals surface area contributed by atoms with Gasteiger partial charge in [-0.15, -0.1) is 0 Å². The zero-order valence-electron chi connectivity index (χ0n) is 13.7. The van der Waals surface area contributed by atoms with Gasteiger partial charge in [-0.3, -0.25) is 0 Å². The van der Waals surface area contributed by atoms with Gasteiger partial charge in [0.15, 0.2) is 0 Å². The molecule has 4 aliphatic carbocycles. The number of hydrogen-bond donors (Lipinski definition) is 1. The van der Waals surface area contributed by atoms with Crippen LogP contribution in [0.2, 0.25) is 0 Å². The average Bonchev–Trinajstić information content (AvgIpc) is 2.89. The second-order valence-corrected chi connectivity index (χ2v) is 8.49. The molecule has 6 rings (SSSR count). The fourth-order valence-electron chi connectivity index (χ4n) is 6.44. The molecule has 23 heavy (non-hydrogen) atoms. The molecule has 3 heteroatoms. The van der Waals surface area contributed by atoms with Crippen molar-refractivity contribution in [3.05, 3.63) is 30.1 Å². The summed E-state index contributed by atoms with van der Waals surface area (Å²) in [6.45, 7) is 1.05. The van der Waals surface area contributed by atoms with Crippen LogP contribution in [0.3, 0.4) is 0 Å². The van der Waals surface area contributed by atoms with Crippen LogP contribution >= 0.6 is 0 Å². The second-order valence-electron chi connectivity index (χ2n) is 8.49. The molecule has 1 N–H and O–H groups in total. The molecule has 0 unspecified atom stereocenters. The Bertz CT molecular complexity index is 697. The fourth-order valence-corrected chi connectivity index (χ4v) is 6.44. The largest absolute Gasteiger partial charge is 0.388 e. The fraction of sp³-hybridized carbons (Fsp3) is 0.650. The van der Waals surface area contributed by atoms with E-state index in [1.54, 1.807) is 0 Å². The van der Waals surface area contributed by atoms with Crippen LogP contribution in [0.5, 0.6) is 0 Å². The molecular weight excluding hydrogens is 284 g/mol. The van der Waals surface area contributed by atoms with Crippen LogP contribution < -0.4 is 0 Å². The van der Waals surface area contributed by atoms with Gasteiger partial charge in [-0.1, -0.05) is 12.1 Å². The van der Waals surface area contributed by atoms with Gasteiger partial charge in [-0.25, -0.2) is 4.98 Å². The Morgan fingerprint density at radius 2 is 1.70 bits per heavy atom. The molecule has 3 nitrogen and oxygen atoms in total. The lowest BCUT2D eigenvalue weighted by Crippen LogP contribution is -2.46. The standard InChI is InChI=1S/C20H26N2O/c23-13-19-21-17-3-1-2-4-18(17)22(19)6-5-20-10-14-7-15(11-20)9-16(8-14)12-20/h1-4,14-16,23H,5-13H2. The third kappa shape index (κ3) is 2.24. The van der Waals surface area contributed by atoms with Crippen LogP contribution in [0.15, 0.2) is 24.3 Å². The third-order valence-corrected chi connectivity index (χ3v) is 6.91. The number of aliphatic hydroxyl groups is 1. The molecule has 0 radical (unpaired) electrons. The Hall–Kier alpha value is -1.35. The lowest BCUT2D eigenvalue weighted by Gasteiger charge is -2.57. The van der Waals surface area contributed by atoms with Gasteiger partial charge in [0.1, 0.15) is 12.4 Å². The van der Waals surface area contributed by atoms with Crippen LogP contribution in [0, 0.1) is 23.2 Å². The number of rotatable bonds is 4. The number of hydrogen-bond acceptors (Lipinski definition) is 2. The van der Waals surface area contributed by atoms with E-state index >= 15 is 0 Å². The maximum atomic E-state index is 9.70. The highest BCUT2D eigenvalue weighted by molar-refractivity contribution is 5.75. The van der Waals surface area contributed by atoms with Crippen molar-refractivity contribution >= 4 is 11.0 Å². The molecule has 2 aromatic rings. The Kier molecular flexibility index (Phi) is 3.09. The number of aliphatic hydroxyl groups excluding tert-OH is 1. The third-order valence-electron chi connectivity index (χ3n) is 6.91. The van der Waals surface area contributed by atoms with E-state index in [-0.39, 0.29) is 6.61 Å². The normalized spacial score (nSPS) is 35.3. The number of nitrogens with zero attached hydrogens (tertiary/aromatic N) is 2. The van der Waals surface area contributed by atoms with Crippen LogP contribution in [0.1, 0.15) is 50.8 Å². The summed E-state index contributed by atoms with van der Waals surface area (Å²) in [7, 11) is 0. The van der Waals surface area contributed by atoms with Crippen molar-refractivity contribution in [2.24, 2.45) is 23.2 Å². The SMILES string of the molecule is OCc1nc2ccccc2n1CCC12CC3CC(CC(C3)C1)C2. The number of fused-ring (bicyclic) bond motifs is 1. The topological polar surface area (TPSA) is 38.1 Å². The van der Waals surface area contributed by atoms with Crippen LogP contribution in [-0.2, 0) is 13.2 Å². The summed E-state index contributed by atoms with van der Waals surface area (Å²) in [6.07, 6.45) is 10.2. The minimum Gasteiger partial charge on any atom is -0.388 e. The predicted octanol–water partition coefficient (Wildman–Crippen LogP) is 4.14. The molecule has 0 atom stereocenters. The van der Waals surface area contributed by atoms with Crippen LogP contribution in [0.25, 0.3) is 11.0 Å².